The highest BCUT2D eigenvalue weighted by Crippen LogP contribution is 2.31. The zero-order valence-electron chi connectivity index (χ0n) is 19.6. The highest BCUT2D eigenvalue weighted by molar-refractivity contribution is 5.84. The molecule has 0 unspecified atom stereocenters. The van der Waals surface area contributed by atoms with Crippen LogP contribution in [0.3, 0.4) is 0 Å². The molecule has 0 bridgehead atoms. The molecular weight excluding hydrogens is 364 g/mol. The Balaban J connectivity index is 2.70. The van der Waals surface area contributed by atoms with Crippen molar-refractivity contribution in [3.8, 4) is 0 Å². The number of hydrogen-bond acceptors (Lipinski definition) is 1. The van der Waals surface area contributed by atoms with Crippen LogP contribution >= 0.6 is 0 Å². The van der Waals surface area contributed by atoms with E-state index in [1.165, 1.54) is 39.0 Å². The molecule has 158 valence electrons. The van der Waals surface area contributed by atoms with Gasteiger partial charge in [0.05, 0.1) is 6.61 Å². The molecule has 2 rings (SSSR count). The predicted molar refractivity (Wildman–Crippen MR) is 132 cm³/mol. The Bertz CT molecular complexity index is 912. The van der Waals surface area contributed by atoms with Crippen LogP contribution in [-0.2, 0) is 4.74 Å². The van der Waals surface area contributed by atoms with Gasteiger partial charge in [0.2, 0.25) is 0 Å². The van der Waals surface area contributed by atoms with Gasteiger partial charge in [-0.25, -0.2) is 0 Å². The summed E-state index contributed by atoms with van der Waals surface area (Å²) < 4.78 is 5.74. The van der Waals surface area contributed by atoms with Crippen molar-refractivity contribution in [1.82, 2.24) is 0 Å². The van der Waals surface area contributed by atoms with Crippen molar-refractivity contribution in [2.24, 2.45) is 0 Å². The fourth-order valence-corrected chi connectivity index (χ4v) is 3.82. The third kappa shape index (κ3) is 5.86. The lowest BCUT2D eigenvalue weighted by Gasteiger charge is -2.16. The zero-order valence-corrected chi connectivity index (χ0v) is 19.6. The highest BCUT2D eigenvalue weighted by atomic mass is 16.5. The lowest BCUT2D eigenvalue weighted by molar-refractivity contribution is 0.240. The van der Waals surface area contributed by atoms with Crippen LogP contribution in [0.4, 0.5) is 0 Å². The Morgan fingerprint density at radius 3 is 1.80 bits per heavy atom. The third-order valence-corrected chi connectivity index (χ3v) is 5.31. The second kappa shape index (κ2) is 10.8. The van der Waals surface area contributed by atoms with Gasteiger partial charge in [-0.05, 0) is 74.4 Å². The first-order valence-corrected chi connectivity index (χ1v) is 10.9. The van der Waals surface area contributed by atoms with E-state index in [4.69, 9.17) is 4.74 Å². The van der Waals surface area contributed by atoms with Crippen LogP contribution < -0.4 is 0 Å². The molecule has 0 aromatic heterocycles. The minimum absolute atomic E-state index is 0.598. The molecular formula is C29H36O. The van der Waals surface area contributed by atoms with Crippen molar-refractivity contribution >= 4 is 5.57 Å². The quantitative estimate of drug-likeness (QED) is 0.304. The lowest BCUT2D eigenvalue weighted by atomic mass is 9.89. The summed E-state index contributed by atoms with van der Waals surface area (Å²) in [7, 11) is 0. The van der Waals surface area contributed by atoms with Crippen LogP contribution in [0.5, 0.6) is 0 Å². The van der Waals surface area contributed by atoms with Crippen LogP contribution in [-0.4, -0.2) is 6.61 Å². The van der Waals surface area contributed by atoms with Crippen LogP contribution in [0, 0.1) is 27.7 Å². The van der Waals surface area contributed by atoms with Crippen molar-refractivity contribution in [3.05, 3.63) is 112 Å². The van der Waals surface area contributed by atoms with Gasteiger partial charge in [0.15, 0.2) is 0 Å². The minimum Gasteiger partial charge on any atom is -0.494 e. The van der Waals surface area contributed by atoms with Crippen molar-refractivity contribution in [3.63, 3.8) is 0 Å². The minimum atomic E-state index is 0.598. The second-order valence-corrected chi connectivity index (χ2v) is 8.01. The van der Waals surface area contributed by atoms with E-state index in [0.29, 0.717) is 12.4 Å². The molecule has 0 atom stereocenters. The fourth-order valence-electron chi connectivity index (χ4n) is 3.82. The summed E-state index contributed by atoms with van der Waals surface area (Å²) in [6.45, 7) is 21.8. The molecule has 0 radical (unpaired) electrons. The van der Waals surface area contributed by atoms with Gasteiger partial charge in [-0.15, -0.1) is 0 Å². The van der Waals surface area contributed by atoms with Crippen molar-refractivity contribution in [2.45, 2.75) is 54.4 Å². The van der Waals surface area contributed by atoms with Crippen LogP contribution in [0.25, 0.3) is 5.57 Å². The third-order valence-electron chi connectivity index (χ3n) is 5.31. The summed E-state index contributed by atoms with van der Waals surface area (Å²) in [5, 5.41) is 0. The van der Waals surface area contributed by atoms with Gasteiger partial charge in [0.1, 0.15) is 5.76 Å². The van der Waals surface area contributed by atoms with Gasteiger partial charge < -0.3 is 4.74 Å². The summed E-state index contributed by atoms with van der Waals surface area (Å²) in [6.07, 6.45) is 6.30. The first-order valence-electron chi connectivity index (χ1n) is 10.9. The zero-order chi connectivity index (χ0) is 22.3. The maximum absolute atomic E-state index is 5.74. The smallest absolute Gasteiger partial charge is 0.119 e. The molecule has 0 fully saturated rings. The van der Waals surface area contributed by atoms with Gasteiger partial charge in [-0.3, -0.25) is 0 Å². The summed E-state index contributed by atoms with van der Waals surface area (Å²) in [6, 6.07) is 13.3. The number of benzene rings is 2. The van der Waals surface area contributed by atoms with E-state index >= 15 is 0 Å². The van der Waals surface area contributed by atoms with E-state index in [1.807, 2.05) is 6.92 Å². The molecule has 0 spiro atoms. The molecule has 1 heteroatoms. The number of ether oxygens (including phenoxy) is 1. The molecule has 0 N–H and O–H groups in total. The van der Waals surface area contributed by atoms with Crippen molar-refractivity contribution in [1.29, 1.82) is 0 Å². The van der Waals surface area contributed by atoms with Crippen molar-refractivity contribution in [2.75, 3.05) is 6.61 Å². The van der Waals surface area contributed by atoms with E-state index in [2.05, 4.69) is 96.3 Å². The van der Waals surface area contributed by atoms with Crippen LogP contribution in [0.15, 0.2) is 78.6 Å². The molecule has 0 aliphatic carbocycles. The molecule has 0 aliphatic rings. The lowest BCUT2D eigenvalue weighted by Crippen LogP contribution is -1.99. The summed E-state index contributed by atoms with van der Waals surface area (Å²) in [5.41, 5.74) is 10.8. The highest BCUT2D eigenvalue weighted by Gasteiger charge is 2.12. The van der Waals surface area contributed by atoms with Gasteiger partial charge in [-0.1, -0.05) is 86.2 Å². The first-order chi connectivity index (χ1) is 14.3. The number of aryl methyl sites for hydroxylation is 4. The maximum atomic E-state index is 5.74. The number of hydrogen-bond donors (Lipinski definition) is 0. The largest absolute Gasteiger partial charge is 0.494 e. The molecule has 0 amide bonds. The van der Waals surface area contributed by atoms with Crippen LogP contribution in [0.1, 0.15) is 60.1 Å². The number of allylic oxidation sites excluding steroid dienone is 3. The first kappa shape index (κ1) is 23.5. The molecule has 0 saturated carbocycles. The predicted octanol–water partition coefficient (Wildman–Crippen LogP) is 8.18. The Labute approximate surface area is 183 Å². The van der Waals surface area contributed by atoms with Crippen molar-refractivity contribution < 1.29 is 4.74 Å². The molecule has 2 aromatic rings. The average molecular weight is 401 g/mol. The molecule has 30 heavy (non-hydrogen) atoms. The molecule has 0 heterocycles. The van der Waals surface area contributed by atoms with E-state index in [0.717, 1.165) is 24.0 Å². The van der Waals surface area contributed by atoms with Gasteiger partial charge in [-0.2, -0.15) is 0 Å². The summed E-state index contributed by atoms with van der Waals surface area (Å²) >= 11 is 0. The Kier molecular flexibility index (Phi) is 8.47. The Morgan fingerprint density at radius 2 is 1.37 bits per heavy atom. The maximum Gasteiger partial charge on any atom is 0.119 e. The summed E-state index contributed by atoms with van der Waals surface area (Å²) in [5.74, 6) is 0.688. The van der Waals surface area contributed by atoms with E-state index < -0.39 is 0 Å². The molecule has 0 saturated heterocycles. The van der Waals surface area contributed by atoms with E-state index in [-0.39, 0.29) is 0 Å². The van der Waals surface area contributed by atoms with Gasteiger partial charge in [0, 0.05) is 5.57 Å². The summed E-state index contributed by atoms with van der Waals surface area (Å²) in [4.78, 5) is 0. The SMILES string of the molecule is C=C(CCC)/C(=C/C=C(c1ccc(C)cc1C)c1ccc(C)cc1C)C(=C)OCC. The van der Waals surface area contributed by atoms with Gasteiger partial charge >= 0.3 is 0 Å². The Hall–Kier alpha value is -2.80. The van der Waals surface area contributed by atoms with E-state index in [1.54, 1.807) is 0 Å². The second-order valence-electron chi connectivity index (χ2n) is 8.01. The standard InChI is InChI=1S/C29H36O/c1-9-11-22(5)26(25(8)30-10-2)16-17-29(27-14-12-20(3)18-23(27)6)28-15-13-21(4)19-24(28)7/h12-19H,5,8-11H2,1-4,6-7H3/b26-16-. The average Bonchev–Trinajstić information content (AvgIpc) is 2.67. The van der Waals surface area contributed by atoms with E-state index in [9.17, 15) is 0 Å². The molecule has 1 nitrogen and oxygen atoms in total. The Morgan fingerprint density at radius 1 is 0.833 bits per heavy atom. The fraction of sp³-hybridized carbons (Fsp3) is 0.310. The van der Waals surface area contributed by atoms with Gasteiger partial charge in [0.25, 0.3) is 0 Å². The monoisotopic (exact) mass is 400 g/mol. The molecule has 0 aliphatic heterocycles. The topological polar surface area (TPSA) is 9.23 Å². The normalized spacial score (nSPS) is 11.2. The van der Waals surface area contributed by atoms with Crippen LogP contribution in [0.2, 0.25) is 0 Å². The number of rotatable bonds is 9. The molecule has 2 aromatic carbocycles.